The Balaban J connectivity index is 2.98. The maximum absolute atomic E-state index is 12.6. The molecule has 0 spiro atoms. The summed E-state index contributed by atoms with van der Waals surface area (Å²) in [5.74, 6) is -0.842. The van der Waals surface area contributed by atoms with E-state index in [2.05, 4.69) is 0 Å². The summed E-state index contributed by atoms with van der Waals surface area (Å²) < 4.78 is 0. The van der Waals surface area contributed by atoms with Gasteiger partial charge in [-0.15, -0.1) is 0 Å². The lowest BCUT2D eigenvalue weighted by Gasteiger charge is -2.32. The maximum atomic E-state index is 12.6. The molecule has 3 atom stereocenters. The summed E-state index contributed by atoms with van der Waals surface area (Å²) in [5, 5.41) is 0. The van der Waals surface area contributed by atoms with Crippen molar-refractivity contribution < 1.29 is 14.4 Å². The second kappa shape index (κ2) is 5.54. The van der Waals surface area contributed by atoms with E-state index in [4.69, 9.17) is 0 Å². The van der Waals surface area contributed by atoms with E-state index in [0.29, 0.717) is 0 Å². The molecule has 0 saturated carbocycles. The number of Topliss-reactive ketones (excluding diaryl/α,β-unsaturated/α-hetero) is 1. The molecule has 4 nitrogen and oxygen atoms in total. The number of carbonyl (C=O) groups is 3. The van der Waals surface area contributed by atoms with Gasteiger partial charge in [-0.2, -0.15) is 0 Å². The molecule has 3 unspecified atom stereocenters. The van der Waals surface area contributed by atoms with Crippen molar-refractivity contribution in [1.82, 2.24) is 4.90 Å². The molecule has 0 N–H and O–H groups in total. The summed E-state index contributed by atoms with van der Waals surface area (Å²) in [7, 11) is 0. The second-order valence-electron chi connectivity index (χ2n) is 8.37. The highest BCUT2D eigenvalue weighted by Crippen LogP contribution is 2.37. The highest BCUT2D eigenvalue weighted by atomic mass is 16.2. The Morgan fingerprint density at radius 2 is 1.57 bits per heavy atom. The predicted octanol–water partition coefficient (Wildman–Crippen LogP) is 3.05. The van der Waals surface area contributed by atoms with E-state index < -0.39 is 5.41 Å². The number of ketones is 1. The second-order valence-corrected chi connectivity index (χ2v) is 8.37. The van der Waals surface area contributed by atoms with Crippen LogP contribution in [0.25, 0.3) is 0 Å². The largest absolute Gasteiger partial charge is 0.299 e. The number of nitrogens with zero attached hydrogens (tertiary/aromatic N) is 1. The molecule has 21 heavy (non-hydrogen) atoms. The summed E-state index contributed by atoms with van der Waals surface area (Å²) in [6.07, 6.45) is 0.253. The van der Waals surface area contributed by atoms with Crippen LogP contribution in [-0.2, 0) is 14.4 Å². The van der Waals surface area contributed by atoms with Gasteiger partial charge in [-0.1, -0.05) is 48.5 Å². The van der Waals surface area contributed by atoms with Crippen LogP contribution in [-0.4, -0.2) is 28.5 Å². The molecule has 120 valence electrons. The van der Waals surface area contributed by atoms with Crippen LogP contribution in [0.2, 0.25) is 0 Å². The highest BCUT2D eigenvalue weighted by molar-refractivity contribution is 6.04. The topological polar surface area (TPSA) is 54.5 Å². The quantitative estimate of drug-likeness (QED) is 0.752. The first-order chi connectivity index (χ1) is 9.28. The van der Waals surface area contributed by atoms with Gasteiger partial charge < -0.3 is 0 Å². The van der Waals surface area contributed by atoms with Gasteiger partial charge in [0.15, 0.2) is 0 Å². The molecule has 0 aromatic rings. The first-order valence-electron chi connectivity index (χ1n) is 7.68. The molecule has 0 radical (unpaired) electrons. The number of rotatable bonds is 3. The number of amides is 2. The highest BCUT2D eigenvalue weighted by Gasteiger charge is 2.48. The zero-order valence-electron chi connectivity index (χ0n) is 14.6. The van der Waals surface area contributed by atoms with Gasteiger partial charge in [0, 0.05) is 23.8 Å². The van der Waals surface area contributed by atoms with Crippen LogP contribution < -0.4 is 0 Å². The fourth-order valence-electron chi connectivity index (χ4n) is 2.88. The van der Waals surface area contributed by atoms with E-state index in [0.717, 1.165) is 0 Å². The summed E-state index contributed by atoms with van der Waals surface area (Å²) in [6, 6.07) is -0.385. The number of imide groups is 1. The molecule has 0 aliphatic carbocycles. The molecule has 1 fully saturated rings. The van der Waals surface area contributed by atoms with Crippen LogP contribution in [0.15, 0.2) is 0 Å². The average Bonchev–Trinajstić information content (AvgIpc) is 2.60. The van der Waals surface area contributed by atoms with Crippen LogP contribution in [0.4, 0.5) is 0 Å². The smallest absolute Gasteiger partial charge is 0.233 e. The fourth-order valence-corrected chi connectivity index (χ4v) is 2.88. The molecule has 4 heteroatoms. The van der Waals surface area contributed by atoms with E-state index in [1.165, 1.54) is 4.90 Å². The molecule has 0 aromatic carbocycles. The Morgan fingerprint density at radius 1 is 1.10 bits per heavy atom. The van der Waals surface area contributed by atoms with E-state index >= 15 is 0 Å². The van der Waals surface area contributed by atoms with Crippen molar-refractivity contribution in [3.8, 4) is 0 Å². The summed E-state index contributed by atoms with van der Waals surface area (Å²) in [6.45, 7) is 15.1. The molecular weight excluding hydrogens is 266 g/mol. The zero-order valence-corrected chi connectivity index (χ0v) is 14.6. The summed E-state index contributed by atoms with van der Waals surface area (Å²) >= 11 is 0. The summed E-state index contributed by atoms with van der Waals surface area (Å²) in [4.78, 5) is 38.6. The third-order valence-electron chi connectivity index (χ3n) is 4.51. The molecule has 1 heterocycles. The third-order valence-corrected chi connectivity index (χ3v) is 4.51. The molecule has 0 bridgehead atoms. The van der Waals surface area contributed by atoms with E-state index in [1.54, 1.807) is 6.92 Å². The molecule has 1 saturated heterocycles. The Bertz CT molecular complexity index is 454. The van der Waals surface area contributed by atoms with E-state index in [-0.39, 0.29) is 47.3 Å². The van der Waals surface area contributed by atoms with Crippen molar-refractivity contribution in [2.45, 2.75) is 67.9 Å². The Morgan fingerprint density at radius 3 is 1.90 bits per heavy atom. The average molecular weight is 295 g/mol. The maximum Gasteiger partial charge on any atom is 0.233 e. The van der Waals surface area contributed by atoms with Gasteiger partial charge >= 0.3 is 0 Å². The minimum Gasteiger partial charge on any atom is -0.299 e. The van der Waals surface area contributed by atoms with Gasteiger partial charge in [0.05, 0.1) is 5.92 Å². The van der Waals surface area contributed by atoms with Crippen LogP contribution in [0.5, 0.6) is 0 Å². The minimum atomic E-state index is -0.469. The van der Waals surface area contributed by atoms with Crippen molar-refractivity contribution >= 4 is 17.6 Å². The first-order valence-corrected chi connectivity index (χ1v) is 7.68. The SMILES string of the molecule is CC(C(=O)C(C)(C)C)C(C)N1C(=O)CC(C(C)(C)C)C1=O. The van der Waals surface area contributed by atoms with E-state index in [9.17, 15) is 14.4 Å². The Hall–Kier alpha value is -1.19. The van der Waals surface area contributed by atoms with E-state index in [1.807, 2.05) is 48.5 Å². The predicted molar refractivity (Wildman–Crippen MR) is 82.5 cm³/mol. The van der Waals surface area contributed by atoms with Crippen LogP contribution in [0.1, 0.15) is 61.8 Å². The van der Waals surface area contributed by atoms with Gasteiger partial charge in [-0.3, -0.25) is 19.3 Å². The third kappa shape index (κ3) is 3.53. The summed E-state index contributed by atoms with van der Waals surface area (Å²) in [5.41, 5.74) is -0.707. The molecule has 1 aliphatic heterocycles. The number of likely N-dealkylation sites (tertiary alicyclic amines) is 1. The molecule has 2 amide bonds. The van der Waals surface area contributed by atoms with Gasteiger partial charge in [0.25, 0.3) is 0 Å². The molecule has 0 aromatic heterocycles. The Kier molecular flexibility index (Phi) is 4.71. The van der Waals surface area contributed by atoms with Crippen molar-refractivity contribution in [2.24, 2.45) is 22.7 Å². The van der Waals surface area contributed by atoms with Gasteiger partial charge in [0.2, 0.25) is 11.8 Å². The molecule has 1 aliphatic rings. The number of hydrogen-bond acceptors (Lipinski definition) is 3. The fraction of sp³-hybridized carbons (Fsp3) is 0.824. The van der Waals surface area contributed by atoms with Crippen LogP contribution >= 0.6 is 0 Å². The normalized spacial score (nSPS) is 23.4. The van der Waals surface area contributed by atoms with Crippen LogP contribution in [0.3, 0.4) is 0 Å². The standard InChI is InChI=1S/C17H29NO3/c1-10(14(20)17(6,7)8)11(2)18-13(19)9-12(15(18)21)16(3,4)5/h10-12H,9H2,1-8H3. The van der Waals surface area contributed by atoms with Crippen molar-refractivity contribution in [2.75, 3.05) is 0 Å². The zero-order chi connectivity index (χ0) is 16.7. The number of carbonyl (C=O) groups excluding carboxylic acids is 3. The van der Waals surface area contributed by atoms with Crippen molar-refractivity contribution in [1.29, 1.82) is 0 Å². The monoisotopic (exact) mass is 295 g/mol. The lowest BCUT2D eigenvalue weighted by Crippen LogP contribution is -2.47. The van der Waals surface area contributed by atoms with Crippen molar-refractivity contribution in [3.05, 3.63) is 0 Å². The van der Waals surface area contributed by atoms with Crippen molar-refractivity contribution in [3.63, 3.8) is 0 Å². The molecular formula is C17H29NO3. The lowest BCUT2D eigenvalue weighted by atomic mass is 9.79. The Labute approximate surface area is 128 Å². The van der Waals surface area contributed by atoms with Crippen LogP contribution in [0, 0.1) is 22.7 Å². The lowest BCUT2D eigenvalue weighted by molar-refractivity contribution is -0.145. The van der Waals surface area contributed by atoms with Gasteiger partial charge in [0.1, 0.15) is 5.78 Å². The molecule has 1 rings (SSSR count). The minimum absolute atomic E-state index is 0.0785. The number of hydrogen-bond donors (Lipinski definition) is 0. The van der Waals surface area contributed by atoms with Gasteiger partial charge in [-0.25, -0.2) is 0 Å². The first kappa shape index (κ1) is 17.9. The van der Waals surface area contributed by atoms with Gasteiger partial charge in [-0.05, 0) is 12.3 Å².